The fourth-order valence-corrected chi connectivity index (χ4v) is 2.96. The standard InChI is InChI=1S/C13H20F2N2O2S/c1-3-12(16-4-2)10-6-5-7-11(8-10)20(18,19)17-9-13(14)15/h5-8,12-13,16-17H,3-4,9H2,1-2H3. The van der Waals surface area contributed by atoms with Crippen molar-refractivity contribution in [1.82, 2.24) is 10.0 Å². The quantitative estimate of drug-likeness (QED) is 0.775. The van der Waals surface area contributed by atoms with Gasteiger partial charge < -0.3 is 5.32 Å². The van der Waals surface area contributed by atoms with E-state index in [4.69, 9.17) is 0 Å². The van der Waals surface area contributed by atoms with Gasteiger partial charge >= 0.3 is 0 Å². The van der Waals surface area contributed by atoms with Crippen LogP contribution in [0.4, 0.5) is 8.78 Å². The molecule has 7 heteroatoms. The second-order valence-corrected chi connectivity index (χ2v) is 6.10. The highest BCUT2D eigenvalue weighted by Gasteiger charge is 2.18. The molecule has 0 bridgehead atoms. The first-order valence-corrected chi connectivity index (χ1v) is 8.00. The highest BCUT2D eigenvalue weighted by molar-refractivity contribution is 7.89. The van der Waals surface area contributed by atoms with E-state index in [1.54, 1.807) is 6.07 Å². The number of nitrogens with one attached hydrogen (secondary N) is 2. The lowest BCUT2D eigenvalue weighted by Gasteiger charge is -2.17. The van der Waals surface area contributed by atoms with Gasteiger partial charge in [0.25, 0.3) is 6.43 Å². The molecule has 0 radical (unpaired) electrons. The van der Waals surface area contributed by atoms with E-state index in [1.807, 2.05) is 24.6 Å². The van der Waals surface area contributed by atoms with Crippen molar-refractivity contribution >= 4 is 10.0 Å². The number of hydrogen-bond donors (Lipinski definition) is 2. The lowest BCUT2D eigenvalue weighted by atomic mass is 10.0. The van der Waals surface area contributed by atoms with E-state index in [0.717, 1.165) is 18.5 Å². The van der Waals surface area contributed by atoms with Crippen LogP contribution in [0.2, 0.25) is 0 Å². The number of hydrogen-bond acceptors (Lipinski definition) is 3. The zero-order valence-corrected chi connectivity index (χ0v) is 12.4. The second kappa shape index (κ2) is 7.66. The van der Waals surface area contributed by atoms with Gasteiger partial charge in [-0.3, -0.25) is 0 Å². The van der Waals surface area contributed by atoms with E-state index >= 15 is 0 Å². The predicted molar refractivity (Wildman–Crippen MR) is 74.3 cm³/mol. The van der Waals surface area contributed by atoms with E-state index in [0.29, 0.717) is 0 Å². The maximum atomic E-state index is 12.1. The summed E-state index contributed by atoms with van der Waals surface area (Å²) in [6.07, 6.45) is -1.90. The Morgan fingerprint density at radius 3 is 2.50 bits per heavy atom. The third-order valence-corrected chi connectivity index (χ3v) is 4.28. The number of benzene rings is 1. The Labute approximate surface area is 118 Å². The zero-order valence-electron chi connectivity index (χ0n) is 11.6. The third kappa shape index (κ3) is 4.81. The van der Waals surface area contributed by atoms with Gasteiger partial charge in [0.2, 0.25) is 10.0 Å². The molecule has 20 heavy (non-hydrogen) atoms. The Balaban J connectivity index is 2.97. The van der Waals surface area contributed by atoms with Crippen LogP contribution in [0.3, 0.4) is 0 Å². The molecule has 0 amide bonds. The average Bonchev–Trinajstić information content (AvgIpc) is 2.43. The molecule has 1 aromatic carbocycles. The van der Waals surface area contributed by atoms with Crippen molar-refractivity contribution in [1.29, 1.82) is 0 Å². The molecule has 0 aromatic heterocycles. The lowest BCUT2D eigenvalue weighted by Crippen LogP contribution is -2.29. The average molecular weight is 306 g/mol. The number of halogens is 2. The molecule has 0 aliphatic carbocycles. The van der Waals surface area contributed by atoms with Crippen molar-refractivity contribution in [3.8, 4) is 0 Å². The molecule has 0 aliphatic rings. The summed E-state index contributed by atoms with van der Waals surface area (Å²) in [5.41, 5.74) is 0.828. The van der Waals surface area contributed by atoms with Crippen LogP contribution in [0.25, 0.3) is 0 Å². The molecular formula is C13H20F2N2O2S. The van der Waals surface area contributed by atoms with E-state index in [2.05, 4.69) is 5.32 Å². The summed E-state index contributed by atoms with van der Waals surface area (Å²) in [6.45, 7) is 3.84. The number of rotatable bonds is 8. The van der Waals surface area contributed by atoms with Gasteiger partial charge in [-0.05, 0) is 30.7 Å². The van der Waals surface area contributed by atoms with Gasteiger partial charge in [0.05, 0.1) is 11.4 Å². The number of sulfonamides is 1. The smallest absolute Gasteiger partial charge is 0.251 e. The van der Waals surface area contributed by atoms with E-state index in [9.17, 15) is 17.2 Å². The highest BCUT2D eigenvalue weighted by atomic mass is 32.2. The van der Waals surface area contributed by atoms with Crippen molar-refractivity contribution < 1.29 is 17.2 Å². The molecule has 0 saturated heterocycles. The molecule has 1 unspecified atom stereocenters. The van der Waals surface area contributed by atoms with Crippen molar-refractivity contribution in [2.45, 2.75) is 37.6 Å². The molecule has 0 saturated carbocycles. The molecule has 0 fully saturated rings. The minimum atomic E-state index is -3.89. The maximum absolute atomic E-state index is 12.1. The lowest BCUT2D eigenvalue weighted by molar-refractivity contribution is 0.153. The molecular weight excluding hydrogens is 286 g/mol. The van der Waals surface area contributed by atoms with E-state index < -0.39 is 23.0 Å². The van der Waals surface area contributed by atoms with Crippen LogP contribution in [-0.4, -0.2) is 27.9 Å². The summed E-state index contributed by atoms with van der Waals surface area (Å²) in [5, 5.41) is 3.24. The topological polar surface area (TPSA) is 58.2 Å². The monoisotopic (exact) mass is 306 g/mol. The molecule has 114 valence electrons. The molecule has 1 atom stereocenters. The second-order valence-electron chi connectivity index (χ2n) is 4.33. The molecule has 0 spiro atoms. The largest absolute Gasteiger partial charge is 0.310 e. The number of alkyl halides is 2. The Hall–Kier alpha value is -1.05. The minimum absolute atomic E-state index is 0.00648. The van der Waals surface area contributed by atoms with Crippen molar-refractivity contribution in [3.63, 3.8) is 0 Å². The first kappa shape index (κ1) is 17.0. The summed E-state index contributed by atoms with van der Waals surface area (Å²) >= 11 is 0. The van der Waals surface area contributed by atoms with Gasteiger partial charge in [0, 0.05) is 6.04 Å². The van der Waals surface area contributed by atoms with Gasteiger partial charge in [0.1, 0.15) is 0 Å². The Morgan fingerprint density at radius 1 is 1.25 bits per heavy atom. The molecule has 2 N–H and O–H groups in total. The normalized spacial score (nSPS) is 13.7. The van der Waals surface area contributed by atoms with Crippen LogP contribution in [0, 0.1) is 0 Å². The molecule has 0 heterocycles. The fraction of sp³-hybridized carbons (Fsp3) is 0.538. The van der Waals surface area contributed by atoms with Gasteiger partial charge in [-0.2, -0.15) is 0 Å². The van der Waals surface area contributed by atoms with E-state index in [1.165, 1.54) is 12.1 Å². The first-order chi connectivity index (χ1) is 9.40. The van der Waals surface area contributed by atoms with Gasteiger partial charge in [-0.15, -0.1) is 0 Å². The van der Waals surface area contributed by atoms with Gasteiger partial charge in [0.15, 0.2) is 0 Å². The summed E-state index contributed by atoms with van der Waals surface area (Å²) in [6, 6.07) is 6.40. The minimum Gasteiger partial charge on any atom is -0.310 e. The molecule has 4 nitrogen and oxygen atoms in total. The molecule has 1 rings (SSSR count). The fourth-order valence-electron chi connectivity index (χ4n) is 1.90. The van der Waals surface area contributed by atoms with Crippen LogP contribution in [0.15, 0.2) is 29.2 Å². The van der Waals surface area contributed by atoms with Crippen molar-refractivity contribution in [2.24, 2.45) is 0 Å². The van der Waals surface area contributed by atoms with Crippen LogP contribution < -0.4 is 10.0 Å². The van der Waals surface area contributed by atoms with Crippen LogP contribution in [0.1, 0.15) is 31.9 Å². The van der Waals surface area contributed by atoms with Crippen molar-refractivity contribution in [3.05, 3.63) is 29.8 Å². The van der Waals surface area contributed by atoms with Crippen LogP contribution in [0.5, 0.6) is 0 Å². The van der Waals surface area contributed by atoms with Gasteiger partial charge in [-0.1, -0.05) is 26.0 Å². The maximum Gasteiger partial charge on any atom is 0.251 e. The van der Waals surface area contributed by atoms with Crippen LogP contribution in [-0.2, 0) is 10.0 Å². The van der Waals surface area contributed by atoms with Crippen molar-refractivity contribution in [2.75, 3.05) is 13.1 Å². The predicted octanol–water partition coefficient (Wildman–Crippen LogP) is 2.29. The van der Waals surface area contributed by atoms with Gasteiger partial charge in [-0.25, -0.2) is 21.9 Å². The Kier molecular flexibility index (Phi) is 6.51. The molecule has 1 aromatic rings. The summed E-state index contributed by atoms with van der Waals surface area (Å²) in [5.74, 6) is 0. The Morgan fingerprint density at radius 2 is 1.95 bits per heavy atom. The van der Waals surface area contributed by atoms with E-state index in [-0.39, 0.29) is 10.9 Å². The zero-order chi connectivity index (χ0) is 15.2. The van der Waals surface area contributed by atoms with Crippen LogP contribution >= 0.6 is 0 Å². The SMILES string of the molecule is CCNC(CC)c1cccc(S(=O)(=O)NCC(F)F)c1. The first-order valence-electron chi connectivity index (χ1n) is 6.51. The summed E-state index contributed by atoms with van der Waals surface area (Å²) < 4.78 is 49.9. The summed E-state index contributed by atoms with van der Waals surface area (Å²) in [4.78, 5) is 0.00648. The molecule has 0 aliphatic heterocycles. The highest BCUT2D eigenvalue weighted by Crippen LogP contribution is 2.20. The Bertz CT molecular complexity index is 521. The summed E-state index contributed by atoms with van der Waals surface area (Å²) in [7, 11) is -3.89. The third-order valence-electron chi connectivity index (χ3n) is 2.86.